The van der Waals surface area contributed by atoms with Crippen molar-refractivity contribution in [2.45, 2.75) is 38.7 Å². The Morgan fingerprint density at radius 1 is 1.35 bits per heavy atom. The summed E-state index contributed by atoms with van der Waals surface area (Å²) >= 11 is 0. The van der Waals surface area contributed by atoms with E-state index >= 15 is 0 Å². The molecule has 2 N–H and O–H groups in total. The number of aryl methyl sites for hydroxylation is 1. The highest BCUT2D eigenvalue weighted by Crippen LogP contribution is 2.23. The minimum Gasteiger partial charge on any atom is -0.390 e. The fourth-order valence-corrected chi connectivity index (χ4v) is 2.70. The predicted molar refractivity (Wildman–Crippen MR) is 81.1 cm³/mol. The van der Waals surface area contributed by atoms with Gasteiger partial charge in [-0.2, -0.15) is 0 Å². The summed E-state index contributed by atoms with van der Waals surface area (Å²) in [4.78, 5) is 14.5. The Morgan fingerprint density at radius 2 is 2.10 bits per heavy atom. The number of hydrogen-bond acceptors (Lipinski definition) is 3. The van der Waals surface area contributed by atoms with Crippen molar-refractivity contribution in [2.24, 2.45) is 0 Å². The van der Waals surface area contributed by atoms with Crippen LogP contribution in [0.4, 0.5) is 5.69 Å². The molecular weight excluding hydrogens is 252 g/mol. The molecule has 1 aliphatic rings. The molecule has 1 saturated heterocycles. The minimum atomic E-state index is -0.639. The average molecular weight is 276 g/mol. The lowest BCUT2D eigenvalue weighted by atomic mass is 9.98. The normalized spacial score (nSPS) is 23.3. The molecule has 4 nitrogen and oxygen atoms in total. The third-order valence-corrected chi connectivity index (χ3v) is 4.10. The first-order valence-electron chi connectivity index (χ1n) is 7.23. The van der Waals surface area contributed by atoms with Gasteiger partial charge in [-0.3, -0.25) is 4.79 Å². The standard InChI is InChI=1S/C16H24N2O2/c1-12-11-13(17-3)5-6-14(12)15(19)18-9-4-7-16(2,20)8-10-18/h5-6,11,17,20H,4,7-10H2,1-3H3. The fraction of sp³-hybridized carbons (Fsp3) is 0.562. The van der Waals surface area contributed by atoms with Gasteiger partial charge in [0.2, 0.25) is 0 Å². The van der Waals surface area contributed by atoms with Crippen LogP contribution in [0.1, 0.15) is 42.1 Å². The molecule has 0 aromatic heterocycles. The number of likely N-dealkylation sites (tertiary alicyclic amines) is 1. The molecule has 1 atom stereocenters. The topological polar surface area (TPSA) is 52.6 Å². The van der Waals surface area contributed by atoms with Crippen molar-refractivity contribution in [1.82, 2.24) is 4.90 Å². The van der Waals surface area contributed by atoms with Gasteiger partial charge in [-0.1, -0.05) is 0 Å². The number of rotatable bonds is 2. The number of aliphatic hydroxyl groups is 1. The van der Waals surface area contributed by atoms with E-state index < -0.39 is 5.60 Å². The van der Waals surface area contributed by atoms with Gasteiger partial charge >= 0.3 is 0 Å². The maximum Gasteiger partial charge on any atom is 0.254 e. The van der Waals surface area contributed by atoms with Crippen LogP contribution in [-0.4, -0.2) is 41.7 Å². The summed E-state index contributed by atoms with van der Waals surface area (Å²) in [6, 6.07) is 5.79. The summed E-state index contributed by atoms with van der Waals surface area (Å²) in [5, 5.41) is 13.2. The lowest BCUT2D eigenvalue weighted by Crippen LogP contribution is -2.33. The Morgan fingerprint density at radius 3 is 2.75 bits per heavy atom. The number of nitrogens with one attached hydrogen (secondary N) is 1. The van der Waals surface area contributed by atoms with E-state index in [1.54, 1.807) is 0 Å². The van der Waals surface area contributed by atoms with E-state index in [9.17, 15) is 9.90 Å². The second kappa shape index (κ2) is 5.83. The molecule has 2 rings (SSSR count). The first-order chi connectivity index (χ1) is 9.43. The molecule has 1 amide bonds. The number of nitrogens with zero attached hydrogens (tertiary/aromatic N) is 1. The van der Waals surface area contributed by atoms with Crippen molar-refractivity contribution in [3.8, 4) is 0 Å². The van der Waals surface area contributed by atoms with Gasteiger partial charge in [-0.25, -0.2) is 0 Å². The van der Waals surface area contributed by atoms with E-state index in [1.807, 2.05) is 44.0 Å². The zero-order valence-electron chi connectivity index (χ0n) is 12.6. The van der Waals surface area contributed by atoms with E-state index in [1.165, 1.54) is 0 Å². The molecule has 1 unspecified atom stereocenters. The lowest BCUT2D eigenvalue weighted by Gasteiger charge is -2.23. The third-order valence-electron chi connectivity index (χ3n) is 4.10. The molecular formula is C16H24N2O2. The van der Waals surface area contributed by atoms with Crippen molar-refractivity contribution >= 4 is 11.6 Å². The summed E-state index contributed by atoms with van der Waals surface area (Å²) < 4.78 is 0. The molecule has 1 aromatic carbocycles. The van der Waals surface area contributed by atoms with Crippen LogP contribution < -0.4 is 5.32 Å². The molecule has 0 spiro atoms. The van der Waals surface area contributed by atoms with Crippen LogP contribution in [0.3, 0.4) is 0 Å². The van der Waals surface area contributed by atoms with Gasteiger partial charge in [0, 0.05) is 31.4 Å². The van der Waals surface area contributed by atoms with Crippen molar-refractivity contribution in [2.75, 3.05) is 25.5 Å². The summed E-state index contributed by atoms with van der Waals surface area (Å²) in [7, 11) is 1.87. The van der Waals surface area contributed by atoms with E-state index in [0.29, 0.717) is 13.0 Å². The van der Waals surface area contributed by atoms with Crippen LogP contribution in [0.2, 0.25) is 0 Å². The molecule has 110 valence electrons. The highest BCUT2D eigenvalue weighted by Gasteiger charge is 2.27. The van der Waals surface area contributed by atoms with Crippen molar-refractivity contribution in [1.29, 1.82) is 0 Å². The van der Waals surface area contributed by atoms with E-state index in [-0.39, 0.29) is 5.91 Å². The quantitative estimate of drug-likeness (QED) is 0.872. The molecule has 1 aromatic rings. The maximum atomic E-state index is 12.6. The van der Waals surface area contributed by atoms with Crippen LogP contribution in [0, 0.1) is 6.92 Å². The molecule has 0 bridgehead atoms. The SMILES string of the molecule is CNc1ccc(C(=O)N2CCCC(C)(O)CC2)c(C)c1. The van der Waals surface area contributed by atoms with Crippen molar-refractivity contribution in [3.05, 3.63) is 29.3 Å². The second-order valence-corrected chi connectivity index (χ2v) is 5.92. The number of benzene rings is 1. The van der Waals surface area contributed by atoms with E-state index in [0.717, 1.165) is 36.2 Å². The van der Waals surface area contributed by atoms with Gasteiger partial charge in [0.1, 0.15) is 0 Å². The van der Waals surface area contributed by atoms with Crippen molar-refractivity contribution in [3.63, 3.8) is 0 Å². The van der Waals surface area contributed by atoms with Crippen LogP contribution >= 0.6 is 0 Å². The van der Waals surface area contributed by atoms with Gasteiger partial charge in [-0.15, -0.1) is 0 Å². The largest absolute Gasteiger partial charge is 0.390 e. The summed E-state index contributed by atoms with van der Waals surface area (Å²) in [6.07, 6.45) is 2.26. The minimum absolute atomic E-state index is 0.0721. The Balaban J connectivity index is 2.15. The van der Waals surface area contributed by atoms with Gasteiger partial charge < -0.3 is 15.3 Å². The van der Waals surface area contributed by atoms with Crippen LogP contribution in [-0.2, 0) is 0 Å². The predicted octanol–water partition coefficient (Wildman–Crippen LogP) is 2.41. The summed E-state index contributed by atoms with van der Waals surface area (Å²) in [5.74, 6) is 0.0721. The highest BCUT2D eigenvalue weighted by atomic mass is 16.3. The molecule has 20 heavy (non-hydrogen) atoms. The number of hydrogen-bond donors (Lipinski definition) is 2. The molecule has 0 aliphatic carbocycles. The van der Waals surface area contributed by atoms with Crippen LogP contribution in [0.25, 0.3) is 0 Å². The molecule has 0 saturated carbocycles. The fourth-order valence-electron chi connectivity index (χ4n) is 2.70. The molecule has 1 aliphatic heterocycles. The van der Waals surface area contributed by atoms with Crippen molar-refractivity contribution < 1.29 is 9.90 Å². The Kier molecular flexibility index (Phi) is 4.33. The zero-order chi connectivity index (χ0) is 14.8. The smallest absolute Gasteiger partial charge is 0.254 e. The number of anilines is 1. The number of amides is 1. The number of carbonyl (C=O) groups excluding carboxylic acids is 1. The summed E-state index contributed by atoms with van der Waals surface area (Å²) in [5.41, 5.74) is 2.11. The van der Waals surface area contributed by atoms with Gasteiger partial charge in [0.25, 0.3) is 5.91 Å². The maximum absolute atomic E-state index is 12.6. The molecule has 4 heteroatoms. The first kappa shape index (κ1) is 14.9. The number of carbonyl (C=O) groups is 1. The third kappa shape index (κ3) is 3.31. The van der Waals surface area contributed by atoms with E-state index in [4.69, 9.17) is 0 Å². The van der Waals surface area contributed by atoms with Gasteiger partial charge in [0.05, 0.1) is 5.60 Å². The molecule has 1 fully saturated rings. The Hall–Kier alpha value is -1.55. The lowest BCUT2D eigenvalue weighted by molar-refractivity contribution is 0.0438. The van der Waals surface area contributed by atoms with Crippen LogP contribution in [0.15, 0.2) is 18.2 Å². The monoisotopic (exact) mass is 276 g/mol. The first-order valence-corrected chi connectivity index (χ1v) is 7.23. The van der Waals surface area contributed by atoms with Gasteiger partial charge in [-0.05, 0) is 56.9 Å². The molecule has 1 heterocycles. The van der Waals surface area contributed by atoms with Gasteiger partial charge in [0.15, 0.2) is 0 Å². The van der Waals surface area contributed by atoms with Crippen LogP contribution in [0.5, 0.6) is 0 Å². The van der Waals surface area contributed by atoms with E-state index in [2.05, 4.69) is 5.32 Å². The summed E-state index contributed by atoms with van der Waals surface area (Å²) in [6.45, 7) is 5.16. The highest BCUT2D eigenvalue weighted by molar-refractivity contribution is 5.96. The Bertz CT molecular complexity index is 497. The Labute approximate surface area is 120 Å². The zero-order valence-corrected chi connectivity index (χ0v) is 12.6. The second-order valence-electron chi connectivity index (χ2n) is 5.92. The average Bonchev–Trinajstić information content (AvgIpc) is 2.59. The molecule has 0 radical (unpaired) electrons.